The average molecular weight is 176 g/mol. The molecule has 2 rings (SSSR count). The van der Waals surface area contributed by atoms with Crippen molar-refractivity contribution in [3.63, 3.8) is 0 Å². The highest BCUT2D eigenvalue weighted by Crippen LogP contribution is 2.14. The molecule has 0 radical (unpaired) electrons. The van der Waals surface area contributed by atoms with Gasteiger partial charge in [-0.2, -0.15) is 5.10 Å². The van der Waals surface area contributed by atoms with Gasteiger partial charge in [-0.15, -0.1) is 0 Å². The Hall–Kier alpha value is -1.45. The topological polar surface area (TPSA) is 50.2 Å². The van der Waals surface area contributed by atoms with Gasteiger partial charge >= 0.3 is 0 Å². The third-order valence-corrected chi connectivity index (χ3v) is 2.07. The molecular weight excluding hydrogens is 164 g/mol. The highest BCUT2D eigenvalue weighted by atomic mass is 15.3. The monoisotopic (exact) mass is 176 g/mol. The van der Waals surface area contributed by atoms with Gasteiger partial charge in [0.2, 0.25) is 0 Å². The molecule has 1 aliphatic rings. The molecule has 0 aromatic carbocycles. The quantitative estimate of drug-likeness (QED) is 0.699. The van der Waals surface area contributed by atoms with Crippen LogP contribution in [-0.2, 0) is 0 Å². The molecule has 4 nitrogen and oxygen atoms in total. The lowest BCUT2D eigenvalue weighted by atomic mass is 10.3. The Morgan fingerprint density at radius 2 is 2.08 bits per heavy atom. The van der Waals surface area contributed by atoms with Gasteiger partial charge in [0, 0.05) is 18.1 Å². The zero-order valence-electron chi connectivity index (χ0n) is 7.40. The maximum atomic E-state index is 4.26. The van der Waals surface area contributed by atoms with Crippen molar-refractivity contribution < 1.29 is 0 Å². The molecule has 1 aliphatic carbocycles. The van der Waals surface area contributed by atoms with Crippen LogP contribution in [0.3, 0.4) is 0 Å². The Bertz CT molecular complexity index is 286. The Kier molecular flexibility index (Phi) is 2.50. The number of nitrogens with one attached hydrogen (secondary N) is 1. The molecule has 0 bridgehead atoms. The third-order valence-electron chi connectivity index (χ3n) is 2.07. The summed E-state index contributed by atoms with van der Waals surface area (Å²) in [5.41, 5.74) is 4.14. The first-order valence-corrected chi connectivity index (χ1v) is 4.52. The number of hydrogen-bond donors (Lipinski definition) is 1. The predicted octanol–water partition coefficient (Wildman–Crippen LogP) is 1.82. The molecule has 0 aliphatic heterocycles. The fraction of sp³-hybridized carbons (Fsp3) is 0.444. The number of aromatic nitrogens is 2. The maximum Gasteiger partial charge on any atom is 0.164 e. The first kappa shape index (κ1) is 8.16. The highest BCUT2D eigenvalue weighted by Gasteiger charge is 2.07. The Morgan fingerprint density at radius 1 is 1.23 bits per heavy atom. The largest absolute Gasteiger partial charge is 0.260 e. The van der Waals surface area contributed by atoms with Crippen LogP contribution in [0.4, 0.5) is 5.82 Å². The molecule has 1 aromatic rings. The first-order chi connectivity index (χ1) is 6.45. The summed E-state index contributed by atoms with van der Waals surface area (Å²) in [5, 5.41) is 4.26. The average Bonchev–Trinajstić information content (AvgIpc) is 2.69. The summed E-state index contributed by atoms with van der Waals surface area (Å²) in [6.45, 7) is 0. The van der Waals surface area contributed by atoms with Crippen LogP contribution >= 0.6 is 0 Å². The van der Waals surface area contributed by atoms with Crippen molar-refractivity contribution in [3.8, 4) is 0 Å². The van der Waals surface area contributed by atoms with Gasteiger partial charge in [-0.05, 0) is 25.7 Å². The summed E-state index contributed by atoms with van der Waals surface area (Å²) in [5.74, 6) is 0.710. The van der Waals surface area contributed by atoms with Gasteiger partial charge in [0.15, 0.2) is 5.82 Å². The van der Waals surface area contributed by atoms with E-state index in [1.807, 2.05) is 0 Å². The standard InChI is InChI=1S/C9H12N4/c1-2-4-8(3-1)12-13-9-7-10-5-6-11-9/h5-7H,1-4H2,(H,11,13). The second kappa shape index (κ2) is 3.98. The summed E-state index contributed by atoms with van der Waals surface area (Å²) < 4.78 is 0. The van der Waals surface area contributed by atoms with E-state index in [4.69, 9.17) is 0 Å². The van der Waals surface area contributed by atoms with Crippen molar-refractivity contribution in [1.29, 1.82) is 0 Å². The summed E-state index contributed by atoms with van der Waals surface area (Å²) >= 11 is 0. The molecule has 4 heteroatoms. The summed E-state index contributed by atoms with van der Waals surface area (Å²) in [7, 11) is 0. The molecule has 0 unspecified atom stereocenters. The normalized spacial score (nSPS) is 15.8. The minimum absolute atomic E-state index is 0.710. The van der Waals surface area contributed by atoms with E-state index in [2.05, 4.69) is 20.5 Å². The van der Waals surface area contributed by atoms with Crippen molar-refractivity contribution >= 4 is 11.5 Å². The Labute approximate surface area is 77.1 Å². The van der Waals surface area contributed by atoms with Crippen LogP contribution in [0.25, 0.3) is 0 Å². The van der Waals surface area contributed by atoms with Crippen LogP contribution < -0.4 is 5.43 Å². The van der Waals surface area contributed by atoms with E-state index in [0.29, 0.717) is 5.82 Å². The number of nitrogens with zero attached hydrogens (tertiary/aromatic N) is 3. The third kappa shape index (κ3) is 2.24. The molecule has 1 fully saturated rings. The van der Waals surface area contributed by atoms with Crippen molar-refractivity contribution in [3.05, 3.63) is 18.6 Å². The lowest BCUT2D eigenvalue weighted by Crippen LogP contribution is -1.98. The summed E-state index contributed by atoms with van der Waals surface area (Å²) in [4.78, 5) is 7.99. The van der Waals surface area contributed by atoms with E-state index in [-0.39, 0.29) is 0 Å². The molecule has 68 valence electrons. The van der Waals surface area contributed by atoms with Crippen LogP contribution in [0.15, 0.2) is 23.7 Å². The molecule has 1 saturated carbocycles. The number of hydrazone groups is 1. The summed E-state index contributed by atoms with van der Waals surface area (Å²) in [6.07, 6.45) is 9.73. The molecule has 1 aromatic heterocycles. The highest BCUT2D eigenvalue weighted by molar-refractivity contribution is 5.86. The SMILES string of the molecule is c1cnc(NN=C2CCCC2)cn1. The van der Waals surface area contributed by atoms with E-state index in [1.54, 1.807) is 18.6 Å². The second-order valence-corrected chi connectivity index (χ2v) is 3.09. The van der Waals surface area contributed by atoms with Gasteiger partial charge in [-0.25, -0.2) is 4.98 Å². The number of hydrogen-bond acceptors (Lipinski definition) is 4. The van der Waals surface area contributed by atoms with Gasteiger partial charge in [0.05, 0.1) is 6.20 Å². The smallest absolute Gasteiger partial charge is 0.164 e. The van der Waals surface area contributed by atoms with Gasteiger partial charge < -0.3 is 0 Å². The Balaban J connectivity index is 1.95. The van der Waals surface area contributed by atoms with Gasteiger partial charge in [0.1, 0.15) is 0 Å². The van der Waals surface area contributed by atoms with Crippen molar-refractivity contribution in [2.24, 2.45) is 5.10 Å². The van der Waals surface area contributed by atoms with Crippen LogP contribution in [-0.4, -0.2) is 15.7 Å². The second-order valence-electron chi connectivity index (χ2n) is 3.09. The zero-order chi connectivity index (χ0) is 8.93. The maximum absolute atomic E-state index is 4.26. The molecular formula is C9H12N4. The zero-order valence-corrected chi connectivity index (χ0v) is 7.40. The number of rotatable bonds is 2. The van der Waals surface area contributed by atoms with Crippen molar-refractivity contribution in [2.75, 3.05) is 5.43 Å². The molecule has 1 N–H and O–H groups in total. The minimum Gasteiger partial charge on any atom is -0.260 e. The van der Waals surface area contributed by atoms with Gasteiger partial charge in [0.25, 0.3) is 0 Å². The van der Waals surface area contributed by atoms with Crippen LogP contribution in [0.5, 0.6) is 0 Å². The van der Waals surface area contributed by atoms with E-state index in [1.165, 1.54) is 18.6 Å². The van der Waals surface area contributed by atoms with Crippen LogP contribution in [0.2, 0.25) is 0 Å². The number of anilines is 1. The lowest BCUT2D eigenvalue weighted by Gasteiger charge is -1.98. The molecule has 1 heterocycles. The predicted molar refractivity (Wildman–Crippen MR) is 51.6 cm³/mol. The van der Waals surface area contributed by atoms with Crippen LogP contribution in [0.1, 0.15) is 25.7 Å². The molecule has 13 heavy (non-hydrogen) atoms. The minimum atomic E-state index is 0.710. The van der Waals surface area contributed by atoms with Gasteiger partial charge in [-0.3, -0.25) is 10.4 Å². The fourth-order valence-electron chi connectivity index (χ4n) is 1.39. The van der Waals surface area contributed by atoms with E-state index in [9.17, 15) is 0 Å². The fourth-order valence-corrected chi connectivity index (χ4v) is 1.39. The van der Waals surface area contributed by atoms with Crippen LogP contribution in [0, 0.1) is 0 Å². The van der Waals surface area contributed by atoms with E-state index >= 15 is 0 Å². The molecule has 0 spiro atoms. The first-order valence-electron chi connectivity index (χ1n) is 4.52. The molecule has 0 saturated heterocycles. The molecule has 0 amide bonds. The lowest BCUT2D eigenvalue weighted by molar-refractivity contribution is 0.886. The van der Waals surface area contributed by atoms with E-state index < -0.39 is 0 Å². The van der Waals surface area contributed by atoms with Gasteiger partial charge in [-0.1, -0.05) is 0 Å². The Morgan fingerprint density at radius 3 is 2.77 bits per heavy atom. The van der Waals surface area contributed by atoms with Crippen molar-refractivity contribution in [2.45, 2.75) is 25.7 Å². The van der Waals surface area contributed by atoms with E-state index in [0.717, 1.165) is 12.8 Å². The van der Waals surface area contributed by atoms with Crippen molar-refractivity contribution in [1.82, 2.24) is 9.97 Å². The molecule has 0 atom stereocenters. The summed E-state index contributed by atoms with van der Waals surface area (Å²) in [6, 6.07) is 0.